The van der Waals surface area contributed by atoms with Crippen LogP contribution in [0.25, 0.3) is 11.5 Å². The molecule has 0 radical (unpaired) electrons. The molecule has 1 aliphatic rings. The molecule has 21 heavy (non-hydrogen) atoms. The van der Waals surface area contributed by atoms with Crippen molar-refractivity contribution in [3.05, 3.63) is 18.3 Å². The van der Waals surface area contributed by atoms with E-state index in [0.29, 0.717) is 23.3 Å². The van der Waals surface area contributed by atoms with Crippen LogP contribution >= 0.6 is 12.4 Å². The molecular formula is C13H18ClN5O2. The number of hydrogen-bond acceptors (Lipinski definition) is 7. The fraction of sp³-hybridized carbons (Fsp3) is 0.538. The van der Waals surface area contributed by atoms with Crippen LogP contribution in [-0.2, 0) is 5.54 Å². The van der Waals surface area contributed by atoms with Gasteiger partial charge in [-0.25, -0.2) is 9.97 Å². The van der Waals surface area contributed by atoms with E-state index in [1.807, 2.05) is 0 Å². The van der Waals surface area contributed by atoms with E-state index in [0.717, 1.165) is 25.7 Å². The fourth-order valence-corrected chi connectivity index (χ4v) is 2.50. The van der Waals surface area contributed by atoms with E-state index in [2.05, 4.69) is 20.1 Å². The number of nitrogens with zero attached hydrogens (tertiary/aromatic N) is 4. The smallest absolute Gasteiger partial charge is 0.247 e. The molecule has 2 aromatic heterocycles. The van der Waals surface area contributed by atoms with Crippen LogP contribution in [0.5, 0.6) is 5.88 Å². The maximum Gasteiger partial charge on any atom is 0.247 e. The lowest BCUT2D eigenvalue weighted by molar-refractivity contribution is 0.220. The first-order valence-electron chi connectivity index (χ1n) is 6.71. The number of aromatic nitrogens is 4. The van der Waals surface area contributed by atoms with Gasteiger partial charge in [0.15, 0.2) is 0 Å². The summed E-state index contributed by atoms with van der Waals surface area (Å²) in [6.45, 7) is 0. The third-order valence-corrected chi connectivity index (χ3v) is 3.68. The van der Waals surface area contributed by atoms with E-state index in [4.69, 9.17) is 15.0 Å². The van der Waals surface area contributed by atoms with Crippen molar-refractivity contribution in [3.63, 3.8) is 0 Å². The van der Waals surface area contributed by atoms with Crippen LogP contribution in [0.1, 0.15) is 38.0 Å². The second kappa shape index (κ2) is 6.36. The van der Waals surface area contributed by atoms with Crippen molar-refractivity contribution >= 4 is 12.4 Å². The molecule has 1 fully saturated rings. The van der Waals surface area contributed by atoms with E-state index in [1.165, 1.54) is 12.7 Å². The lowest BCUT2D eigenvalue weighted by atomic mass is 9.82. The monoisotopic (exact) mass is 311 g/mol. The van der Waals surface area contributed by atoms with Crippen LogP contribution in [0.15, 0.2) is 16.9 Å². The first-order chi connectivity index (χ1) is 9.71. The minimum atomic E-state index is -0.499. The topological polar surface area (TPSA) is 100.0 Å². The average Bonchev–Trinajstić information content (AvgIpc) is 2.99. The summed E-state index contributed by atoms with van der Waals surface area (Å²) in [6, 6.07) is 1.67. The van der Waals surface area contributed by atoms with Gasteiger partial charge in [-0.15, -0.1) is 12.4 Å². The SMILES string of the molecule is COc1cc(-c2noc(C3(N)CCCCC3)n2)ncn1.Cl. The van der Waals surface area contributed by atoms with Crippen LogP contribution in [0.3, 0.4) is 0 Å². The maximum atomic E-state index is 6.37. The Morgan fingerprint density at radius 3 is 2.71 bits per heavy atom. The highest BCUT2D eigenvalue weighted by molar-refractivity contribution is 5.85. The Kier molecular flexibility index (Phi) is 4.74. The second-order valence-electron chi connectivity index (χ2n) is 5.09. The Balaban J connectivity index is 0.00000161. The average molecular weight is 312 g/mol. The molecule has 0 atom stereocenters. The Labute approximate surface area is 128 Å². The number of ether oxygens (including phenoxy) is 1. The van der Waals surface area contributed by atoms with Gasteiger partial charge < -0.3 is 15.0 Å². The molecule has 0 aliphatic heterocycles. The van der Waals surface area contributed by atoms with Crippen molar-refractivity contribution in [2.24, 2.45) is 5.73 Å². The maximum absolute atomic E-state index is 6.37. The molecule has 1 saturated carbocycles. The molecule has 0 unspecified atom stereocenters. The van der Waals surface area contributed by atoms with Crippen molar-refractivity contribution in [3.8, 4) is 17.4 Å². The highest BCUT2D eigenvalue weighted by Crippen LogP contribution is 2.34. The normalized spacial score (nSPS) is 17.0. The van der Waals surface area contributed by atoms with E-state index in [1.54, 1.807) is 13.2 Å². The summed E-state index contributed by atoms with van der Waals surface area (Å²) < 4.78 is 10.4. The largest absolute Gasteiger partial charge is 0.481 e. The zero-order valence-electron chi connectivity index (χ0n) is 11.8. The molecule has 3 rings (SSSR count). The summed E-state index contributed by atoms with van der Waals surface area (Å²) in [5.41, 5.74) is 6.44. The van der Waals surface area contributed by atoms with Gasteiger partial charge in [0.1, 0.15) is 12.0 Å². The van der Waals surface area contributed by atoms with Crippen molar-refractivity contribution in [2.45, 2.75) is 37.6 Å². The molecule has 2 aromatic rings. The third-order valence-electron chi connectivity index (χ3n) is 3.68. The van der Waals surface area contributed by atoms with Crippen molar-refractivity contribution in [1.82, 2.24) is 20.1 Å². The van der Waals surface area contributed by atoms with Gasteiger partial charge in [-0.2, -0.15) is 4.98 Å². The first-order valence-corrected chi connectivity index (χ1v) is 6.71. The first kappa shape index (κ1) is 15.7. The highest BCUT2D eigenvalue weighted by Gasteiger charge is 2.35. The quantitative estimate of drug-likeness (QED) is 0.926. The van der Waals surface area contributed by atoms with Crippen LogP contribution in [0, 0.1) is 0 Å². The molecule has 0 saturated heterocycles. The second-order valence-corrected chi connectivity index (χ2v) is 5.09. The summed E-state index contributed by atoms with van der Waals surface area (Å²) >= 11 is 0. The Bertz CT molecular complexity index is 598. The molecule has 114 valence electrons. The van der Waals surface area contributed by atoms with Crippen LogP contribution in [-0.4, -0.2) is 27.2 Å². The Morgan fingerprint density at radius 1 is 1.24 bits per heavy atom. The van der Waals surface area contributed by atoms with Gasteiger partial charge in [0.25, 0.3) is 0 Å². The van der Waals surface area contributed by atoms with Crippen LogP contribution in [0.2, 0.25) is 0 Å². The molecule has 2 N–H and O–H groups in total. The van der Waals surface area contributed by atoms with Gasteiger partial charge in [0.2, 0.25) is 17.6 Å². The molecule has 0 amide bonds. The fourth-order valence-electron chi connectivity index (χ4n) is 2.50. The zero-order valence-corrected chi connectivity index (χ0v) is 12.6. The Hall–Kier alpha value is -1.73. The van der Waals surface area contributed by atoms with Crippen molar-refractivity contribution < 1.29 is 9.26 Å². The van der Waals surface area contributed by atoms with Gasteiger partial charge in [-0.05, 0) is 12.8 Å². The van der Waals surface area contributed by atoms with E-state index >= 15 is 0 Å². The minimum Gasteiger partial charge on any atom is -0.481 e. The highest BCUT2D eigenvalue weighted by atomic mass is 35.5. The molecule has 2 heterocycles. The molecule has 0 aromatic carbocycles. The number of rotatable bonds is 3. The zero-order chi connectivity index (χ0) is 14.0. The van der Waals surface area contributed by atoms with Gasteiger partial charge in [-0.1, -0.05) is 24.4 Å². The van der Waals surface area contributed by atoms with Gasteiger partial charge in [0.05, 0.1) is 12.6 Å². The lowest BCUT2D eigenvalue weighted by Gasteiger charge is -2.29. The van der Waals surface area contributed by atoms with Gasteiger partial charge in [-0.3, -0.25) is 0 Å². The van der Waals surface area contributed by atoms with Crippen molar-refractivity contribution in [1.29, 1.82) is 0 Å². The van der Waals surface area contributed by atoms with Gasteiger partial charge >= 0.3 is 0 Å². The van der Waals surface area contributed by atoms with Crippen LogP contribution in [0.4, 0.5) is 0 Å². The summed E-state index contributed by atoms with van der Waals surface area (Å²) in [7, 11) is 1.55. The molecule has 0 bridgehead atoms. The van der Waals surface area contributed by atoms with Crippen molar-refractivity contribution in [2.75, 3.05) is 7.11 Å². The van der Waals surface area contributed by atoms with E-state index in [9.17, 15) is 0 Å². The van der Waals surface area contributed by atoms with Crippen LogP contribution < -0.4 is 10.5 Å². The molecule has 7 nitrogen and oxygen atoms in total. The number of halogens is 1. The van der Waals surface area contributed by atoms with E-state index < -0.39 is 5.54 Å². The standard InChI is InChI=1S/C13H17N5O2.ClH/c1-19-10-7-9(15-8-16-10)11-17-12(20-18-11)13(14)5-3-2-4-6-13;/h7-8H,2-6,14H2,1H3;1H. The predicted octanol–water partition coefficient (Wildman–Crippen LogP) is 2.08. The summed E-state index contributed by atoms with van der Waals surface area (Å²) in [5.74, 6) is 1.36. The summed E-state index contributed by atoms with van der Waals surface area (Å²) in [6.07, 6.45) is 6.56. The minimum absolute atomic E-state index is 0. The molecule has 1 aliphatic carbocycles. The third kappa shape index (κ3) is 3.14. The predicted molar refractivity (Wildman–Crippen MR) is 78.1 cm³/mol. The molecule has 8 heteroatoms. The number of nitrogens with two attached hydrogens (primary N) is 1. The Morgan fingerprint density at radius 2 is 2.00 bits per heavy atom. The van der Waals surface area contributed by atoms with E-state index in [-0.39, 0.29) is 12.4 Å². The number of methoxy groups -OCH3 is 1. The summed E-state index contributed by atoms with van der Waals surface area (Å²) in [5, 5.41) is 3.97. The van der Waals surface area contributed by atoms with Gasteiger partial charge in [0, 0.05) is 6.07 Å². The number of hydrogen-bond donors (Lipinski definition) is 1. The lowest BCUT2D eigenvalue weighted by Crippen LogP contribution is -2.38. The molecular weight excluding hydrogens is 294 g/mol. The summed E-state index contributed by atoms with van der Waals surface area (Å²) in [4.78, 5) is 12.5. The molecule has 0 spiro atoms.